The van der Waals surface area contributed by atoms with Gasteiger partial charge in [0, 0.05) is 0 Å². The molecule has 0 amide bonds. The van der Waals surface area contributed by atoms with E-state index >= 15 is 0 Å². The second-order valence-corrected chi connectivity index (χ2v) is 4.85. The Labute approximate surface area is 83.4 Å². The Hall–Kier alpha value is -0.260. The van der Waals surface area contributed by atoms with Crippen LogP contribution in [0, 0.1) is 11.8 Å². The van der Waals surface area contributed by atoms with Crippen LogP contribution in [-0.2, 0) is 0 Å². The smallest absolute Gasteiger partial charge is 0.0200 e. The van der Waals surface area contributed by atoms with Crippen molar-refractivity contribution < 1.29 is 0 Å². The third-order valence-corrected chi connectivity index (χ3v) is 3.48. The monoisotopic (exact) mass is 180 g/mol. The van der Waals surface area contributed by atoms with Gasteiger partial charge in [-0.1, -0.05) is 38.3 Å². The quantitative estimate of drug-likeness (QED) is 0.556. The predicted molar refractivity (Wildman–Crippen MR) is 59.8 cm³/mol. The first-order valence-electron chi connectivity index (χ1n) is 5.83. The van der Waals surface area contributed by atoms with Gasteiger partial charge in [0.1, 0.15) is 0 Å². The zero-order valence-corrected chi connectivity index (χ0v) is 9.69. The summed E-state index contributed by atoms with van der Waals surface area (Å²) in [4.78, 5) is 0. The minimum atomic E-state index is 0.874. The molecule has 1 rings (SSSR count). The Morgan fingerprint density at radius 2 is 2.08 bits per heavy atom. The van der Waals surface area contributed by atoms with Gasteiger partial charge in [-0.2, -0.15) is 0 Å². The second kappa shape index (κ2) is 4.83. The van der Waals surface area contributed by atoms with Crippen molar-refractivity contribution in [2.75, 3.05) is 0 Å². The van der Waals surface area contributed by atoms with Crippen molar-refractivity contribution in [3.8, 4) is 0 Å². The molecule has 0 aliphatic heterocycles. The summed E-state index contributed by atoms with van der Waals surface area (Å²) >= 11 is 0. The van der Waals surface area contributed by atoms with Gasteiger partial charge in [0.2, 0.25) is 0 Å². The molecule has 0 aromatic carbocycles. The van der Waals surface area contributed by atoms with Crippen LogP contribution >= 0.6 is 0 Å². The van der Waals surface area contributed by atoms with E-state index in [-0.39, 0.29) is 0 Å². The van der Waals surface area contributed by atoms with Crippen LogP contribution in [0.25, 0.3) is 0 Å². The van der Waals surface area contributed by atoms with Crippen molar-refractivity contribution in [2.24, 2.45) is 11.8 Å². The van der Waals surface area contributed by atoms with E-state index in [9.17, 15) is 0 Å². The van der Waals surface area contributed by atoms with Gasteiger partial charge < -0.3 is 0 Å². The molecule has 76 valence electrons. The number of allylic oxidation sites excluding steroid dienone is 2. The van der Waals surface area contributed by atoms with E-state index in [0.29, 0.717) is 0 Å². The van der Waals surface area contributed by atoms with Gasteiger partial charge in [-0.25, -0.2) is 0 Å². The lowest BCUT2D eigenvalue weighted by Crippen LogP contribution is -1.99. The molecule has 13 heavy (non-hydrogen) atoms. The lowest BCUT2D eigenvalue weighted by molar-refractivity contribution is 0.464. The molecular formula is C13H24. The van der Waals surface area contributed by atoms with Crippen LogP contribution in [0.2, 0.25) is 0 Å². The number of rotatable bonds is 4. The van der Waals surface area contributed by atoms with Gasteiger partial charge in [-0.15, -0.1) is 0 Å². The average Bonchev–Trinajstić information content (AvgIpc) is 2.43. The van der Waals surface area contributed by atoms with Crippen molar-refractivity contribution in [2.45, 2.75) is 59.8 Å². The van der Waals surface area contributed by atoms with E-state index in [4.69, 9.17) is 0 Å². The normalized spacial score (nSPS) is 23.3. The molecule has 0 aromatic heterocycles. The van der Waals surface area contributed by atoms with Crippen LogP contribution in [0.1, 0.15) is 59.8 Å². The molecule has 0 fully saturated rings. The van der Waals surface area contributed by atoms with Gasteiger partial charge in [0.15, 0.2) is 0 Å². The van der Waals surface area contributed by atoms with Crippen LogP contribution in [0.4, 0.5) is 0 Å². The summed E-state index contributed by atoms with van der Waals surface area (Å²) in [6, 6.07) is 0. The summed E-state index contributed by atoms with van der Waals surface area (Å²) in [5.41, 5.74) is 3.47. The largest absolute Gasteiger partial charge is 0.0713 e. The Balaban J connectivity index is 2.41. The molecular weight excluding hydrogens is 156 g/mol. The highest BCUT2D eigenvalue weighted by Crippen LogP contribution is 2.36. The fourth-order valence-corrected chi connectivity index (χ4v) is 2.40. The lowest BCUT2D eigenvalue weighted by atomic mass is 9.93. The van der Waals surface area contributed by atoms with Gasteiger partial charge >= 0.3 is 0 Å². The first-order valence-corrected chi connectivity index (χ1v) is 5.83. The third-order valence-electron chi connectivity index (χ3n) is 3.48. The molecule has 0 heteroatoms. The van der Waals surface area contributed by atoms with E-state index in [2.05, 4.69) is 27.7 Å². The van der Waals surface area contributed by atoms with Crippen LogP contribution in [0.15, 0.2) is 11.1 Å². The van der Waals surface area contributed by atoms with Crippen molar-refractivity contribution >= 4 is 0 Å². The lowest BCUT2D eigenvalue weighted by Gasteiger charge is -2.13. The maximum absolute atomic E-state index is 2.36. The van der Waals surface area contributed by atoms with Gasteiger partial charge in [-0.3, -0.25) is 0 Å². The molecule has 0 radical (unpaired) electrons. The van der Waals surface area contributed by atoms with Crippen molar-refractivity contribution in [1.82, 2.24) is 0 Å². The van der Waals surface area contributed by atoms with Crippen molar-refractivity contribution in [3.63, 3.8) is 0 Å². The Bertz CT molecular complexity index is 186. The summed E-state index contributed by atoms with van der Waals surface area (Å²) in [7, 11) is 0. The fraction of sp³-hybridized carbons (Fsp3) is 0.846. The van der Waals surface area contributed by atoms with Gasteiger partial charge in [-0.05, 0) is 44.4 Å². The Morgan fingerprint density at radius 3 is 2.54 bits per heavy atom. The summed E-state index contributed by atoms with van der Waals surface area (Å²) in [5, 5.41) is 0. The topological polar surface area (TPSA) is 0 Å². The zero-order chi connectivity index (χ0) is 9.84. The molecule has 0 spiro atoms. The molecule has 0 saturated heterocycles. The molecule has 1 aliphatic carbocycles. The second-order valence-electron chi connectivity index (χ2n) is 4.85. The van der Waals surface area contributed by atoms with Gasteiger partial charge in [0.05, 0.1) is 0 Å². The third kappa shape index (κ3) is 2.86. The summed E-state index contributed by atoms with van der Waals surface area (Å²) < 4.78 is 0. The van der Waals surface area contributed by atoms with Crippen LogP contribution < -0.4 is 0 Å². The highest BCUT2D eigenvalue weighted by molar-refractivity contribution is 5.20. The van der Waals surface area contributed by atoms with Crippen LogP contribution in [-0.4, -0.2) is 0 Å². The SMILES string of the molecule is CCC1=C(C)[C@@H](CCC(C)C)CC1. The Kier molecular flexibility index (Phi) is 4.02. The summed E-state index contributed by atoms with van der Waals surface area (Å²) in [5.74, 6) is 1.80. The molecule has 0 N–H and O–H groups in total. The summed E-state index contributed by atoms with van der Waals surface area (Å²) in [6.45, 7) is 9.31. The van der Waals surface area contributed by atoms with E-state index in [1.54, 1.807) is 11.1 Å². The van der Waals surface area contributed by atoms with Gasteiger partial charge in [0.25, 0.3) is 0 Å². The maximum Gasteiger partial charge on any atom is -0.0200 e. The number of hydrogen-bond acceptors (Lipinski definition) is 0. The minimum Gasteiger partial charge on any atom is -0.0713 e. The fourth-order valence-electron chi connectivity index (χ4n) is 2.40. The maximum atomic E-state index is 2.36. The molecule has 0 unspecified atom stereocenters. The minimum absolute atomic E-state index is 0.874. The average molecular weight is 180 g/mol. The molecule has 0 nitrogen and oxygen atoms in total. The van der Waals surface area contributed by atoms with E-state index in [1.807, 2.05) is 0 Å². The Morgan fingerprint density at radius 1 is 1.38 bits per heavy atom. The molecule has 0 bridgehead atoms. The van der Waals surface area contributed by atoms with E-state index < -0.39 is 0 Å². The van der Waals surface area contributed by atoms with E-state index in [1.165, 1.54) is 32.1 Å². The van der Waals surface area contributed by atoms with Crippen LogP contribution in [0.5, 0.6) is 0 Å². The van der Waals surface area contributed by atoms with Crippen LogP contribution in [0.3, 0.4) is 0 Å². The van der Waals surface area contributed by atoms with Crippen molar-refractivity contribution in [1.29, 1.82) is 0 Å². The zero-order valence-electron chi connectivity index (χ0n) is 9.69. The van der Waals surface area contributed by atoms with E-state index in [0.717, 1.165) is 11.8 Å². The summed E-state index contributed by atoms with van der Waals surface area (Å²) in [6.07, 6.45) is 6.92. The molecule has 1 atom stereocenters. The molecule has 0 aromatic rings. The molecule has 0 saturated carbocycles. The van der Waals surface area contributed by atoms with Crippen molar-refractivity contribution in [3.05, 3.63) is 11.1 Å². The first kappa shape index (κ1) is 10.8. The highest BCUT2D eigenvalue weighted by atomic mass is 14.3. The molecule has 0 heterocycles. The molecule has 1 aliphatic rings. The predicted octanol–water partition coefficient (Wildman–Crippen LogP) is 4.56. The highest BCUT2D eigenvalue weighted by Gasteiger charge is 2.20. The first-order chi connectivity index (χ1) is 6.15. The number of hydrogen-bond donors (Lipinski definition) is 0. The standard InChI is InChI=1S/C13H24/c1-5-12-8-9-13(11(12)4)7-6-10(2)3/h10,13H,5-9H2,1-4H3/t13-/m0/s1.